The first-order valence-corrected chi connectivity index (χ1v) is 14.1. The standard InChI is InChI=1S/C24H31N3O5S2/c1-3-34(30,31)27-13-11-26(12-14-27)16-17-7-6-8-18(15-17)22(28)25-23-21(24(29)32-2)19-9-4-5-10-20(19)33-23/h6-8,15H,3-5,9-14,16H2,1-2H3,(H,25,28). The number of carbonyl (C=O) groups excluding carboxylic acids is 2. The normalized spacial score (nSPS) is 17.2. The lowest BCUT2D eigenvalue weighted by molar-refractivity contribution is 0.0601. The summed E-state index contributed by atoms with van der Waals surface area (Å²) in [6, 6.07) is 7.43. The lowest BCUT2D eigenvalue weighted by Gasteiger charge is -2.33. The average Bonchev–Trinajstić information content (AvgIpc) is 3.21. The third-order valence-electron chi connectivity index (χ3n) is 6.47. The summed E-state index contributed by atoms with van der Waals surface area (Å²) in [5, 5.41) is 3.51. The van der Waals surface area contributed by atoms with E-state index in [4.69, 9.17) is 4.74 Å². The van der Waals surface area contributed by atoms with Crippen molar-refractivity contribution in [3.05, 3.63) is 51.4 Å². The Hall–Kier alpha value is -2.27. The van der Waals surface area contributed by atoms with Crippen LogP contribution in [0.1, 0.15) is 56.5 Å². The molecule has 1 aliphatic carbocycles. The smallest absolute Gasteiger partial charge is 0.341 e. The number of nitrogens with zero attached hydrogens (tertiary/aromatic N) is 2. The van der Waals surface area contributed by atoms with Gasteiger partial charge in [-0.25, -0.2) is 13.2 Å². The molecule has 2 aromatic rings. The Morgan fingerprint density at radius 1 is 1.12 bits per heavy atom. The van der Waals surface area contributed by atoms with Crippen LogP contribution < -0.4 is 5.32 Å². The van der Waals surface area contributed by atoms with Gasteiger partial charge < -0.3 is 10.1 Å². The highest BCUT2D eigenvalue weighted by Gasteiger charge is 2.28. The largest absolute Gasteiger partial charge is 0.465 e. The zero-order valence-electron chi connectivity index (χ0n) is 19.6. The van der Waals surface area contributed by atoms with Crippen LogP contribution in [0.25, 0.3) is 0 Å². The van der Waals surface area contributed by atoms with E-state index in [1.54, 1.807) is 17.3 Å². The van der Waals surface area contributed by atoms with Crippen molar-refractivity contribution in [2.75, 3.05) is 44.4 Å². The second-order valence-electron chi connectivity index (χ2n) is 8.64. The van der Waals surface area contributed by atoms with Gasteiger partial charge in [0.25, 0.3) is 5.91 Å². The van der Waals surface area contributed by atoms with Crippen molar-refractivity contribution < 1.29 is 22.7 Å². The highest BCUT2D eigenvalue weighted by molar-refractivity contribution is 7.89. The molecule has 1 aliphatic heterocycles. The molecule has 0 atom stereocenters. The molecule has 8 nitrogen and oxygen atoms in total. The molecular weight excluding hydrogens is 474 g/mol. The number of sulfonamides is 1. The van der Waals surface area contributed by atoms with E-state index in [1.807, 2.05) is 18.2 Å². The number of carbonyl (C=O) groups is 2. The first-order chi connectivity index (χ1) is 16.3. The summed E-state index contributed by atoms with van der Waals surface area (Å²) in [4.78, 5) is 28.9. The SMILES string of the molecule is CCS(=O)(=O)N1CCN(Cc2cccc(C(=O)Nc3sc4c(c3C(=O)OC)CCCC4)c2)CC1. The van der Waals surface area contributed by atoms with E-state index in [1.165, 1.54) is 18.4 Å². The second-order valence-corrected chi connectivity index (χ2v) is 12.0. The number of hydrogen-bond donors (Lipinski definition) is 1. The number of nitrogens with one attached hydrogen (secondary N) is 1. The van der Waals surface area contributed by atoms with Gasteiger partial charge in [0.1, 0.15) is 5.00 Å². The van der Waals surface area contributed by atoms with Crippen molar-refractivity contribution in [1.29, 1.82) is 0 Å². The number of methoxy groups -OCH3 is 1. The van der Waals surface area contributed by atoms with E-state index in [-0.39, 0.29) is 11.7 Å². The first kappa shape index (κ1) is 24.8. The summed E-state index contributed by atoms with van der Waals surface area (Å²) in [5.41, 5.74) is 3.01. The highest BCUT2D eigenvalue weighted by Crippen LogP contribution is 2.38. The van der Waals surface area contributed by atoms with Crippen LogP contribution in [0.3, 0.4) is 0 Å². The summed E-state index contributed by atoms with van der Waals surface area (Å²) < 4.78 is 30.7. The maximum Gasteiger partial charge on any atom is 0.341 e. The zero-order valence-corrected chi connectivity index (χ0v) is 21.3. The van der Waals surface area contributed by atoms with Crippen molar-refractivity contribution in [2.24, 2.45) is 0 Å². The van der Waals surface area contributed by atoms with E-state index in [9.17, 15) is 18.0 Å². The van der Waals surface area contributed by atoms with Crippen LogP contribution in [0.5, 0.6) is 0 Å². The van der Waals surface area contributed by atoms with Gasteiger partial charge in [-0.15, -0.1) is 11.3 Å². The van der Waals surface area contributed by atoms with E-state index >= 15 is 0 Å². The Kier molecular flexibility index (Phi) is 7.71. The monoisotopic (exact) mass is 505 g/mol. The molecule has 2 heterocycles. The molecule has 4 rings (SSSR count). The zero-order chi connectivity index (χ0) is 24.3. The quantitative estimate of drug-likeness (QED) is 0.581. The van der Waals surface area contributed by atoms with Gasteiger partial charge in [0, 0.05) is 43.2 Å². The van der Waals surface area contributed by atoms with E-state index in [0.29, 0.717) is 48.9 Å². The number of fused-ring (bicyclic) bond motifs is 1. The molecule has 0 spiro atoms. The van der Waals surface area contributed by atoms with Gasteiger partial charge in [-0.2, -0.15) is 4.31 Å². The molecule has 1 N–H and O–H groups in total. The van der Waals surface area contributed by atoms with Crippen LogP contribution in [-0.4, -0.2) is 68.5 Å². The number of thiophene rings is 1. The fourth-order valence-electron chi connectivity index (χ4n) is 4.56. The number of aryl methyl sites for hydroxylation is 1. The lowest BCUT2D eigenvalue weighted by atomic mass is 9.95. The molecule has 2 aliphatic rings. The van der Waals surface area contributed by atoms with Gasteiger partial charge in [-0.05, 0) is 55.9 Å². The Morgan fingerprint density at radius 2 is 1.85 bits per heavy atom. The molecule has 1 aromatic carbocycles. The number of benzene rings is 1. The van der Waals surface area contributed by atoms with E-state index < -0.39 is 16.0 Å². The summed E-state index contributed by atoms with van der Waals surface area (Å²) in [7, 11) is -1.79. The average molecular weight is 506 g/mol. The molecule has 184 valence electrons. The number of anilines is 1. The number of esters is 1. The third-order valence-corrected chi connectivity index (χ3v) is 9.56. The Balaban J connectivity index is 1.44. The molecule has 1 aromatic heterocycles. The van der Waals surface area contributed by atoms with Gasteiger partial charge in [0.2, 0.25) is 10.0 Å². The van der Waals surface area contributed by atoms with Crippen molar-refractivity contribution in [3.8, 4) is 0 Å². The first-order valence-electron chi connectivity index (χ1n) is 11.7. The molecule has 1 amide bonds. The van der Waals surface area contributed by atoms with Crippen LogP contribution in [-0.2, 0) is 34.1 Å². The Morgan fingerprint density at radius 3 is 2.56 bits per heavy atom. The number of rotatable bonds is 7. The topological polar surface area (TPSA) is 96.0 Å². The van der Waals surface area contributed by atoms with Crippen LogP contribution >= 0.6 is 11.3 Å². The molecular formula is C24H31N3O5S2. The van der Waals surface area contributed by atoms with Gasteiger partial charge in [-0.3, -0.25) is 9.69 Å². The predicted octanol–water partition coefficient (Wildman–Crippen LogP) is 3.13. The van der Waals surface area contributed by atoms with Crippen LogP contribution in [0, 0.1) is 0 Å². The minimum absolute atomic E-state index is 0.120. The summed E-state index contributed by atoms with van der Waals surface area (Å²) in [5.74, 6) is -0.549. The molecule has 0 radical (unpaired) electrons. The Bertz CT molecular complexity index is 1170. The van der Waals surface area contributed by atoms with Crippen molar-refractivity contribution in [2.45, 2.75) is 39.2 Å². The van der Waals surface area contributed by atoms with Crippen molar-refractivity contribution in [3.63, 3.8) is 0 Å². The van der Waals surface area contributed by atoms with E-state index in [2.05, 4.69) is 10.2 Å². The van der Waals surface area contributed by atoms with Crippen LogP contribution in [0.15, 0.2) is 24.3 Å². The minimum Gasteiger partial charge on any atom is -0.465 e. The third kappa shape index (κ3) is 5.35. The molecule has 10 heteroatoms. The number of hydrogen-bond acceptors (Lipinski definition) is 7. The summed E-state index contributed by atoms with van der Waals surface area (Å²) in [6.07, 6.45) is 3.86. The summed E-state index contributed by atoms with van der Waals surface area (Å²) in [6.45, 7) is 4.57. The molecule has 1 fully saturated rings. The lowest BCUT2D eigenvalue weighted by Crippen LogP contribution is -2.48. The van der Waals surface area contributed by atoms with Crippen LogP contribution in [0.4, 0.5) is 5.00 Å². The van der Waals surface area contributed by atoms with E-state index in [0.717, 1.165) is 41.7 Å². The fourth-order valence-corrected chi connectivity index (χ4v) is 6.92. The van der Waals surface area contributed by atoms with Crippen molar-refractivity contribution >= 4 is 38.2 Å². The van der Waals surface area contributed by atoms with Crippen LogP contribution in [0.2, 0.25) is 0 Å². The van der Waals surface area contributed by atoms with Gasteiger partial charge in [0.05, 0.1) is 18.4 Å². The van der Waals surface area contributed by atoms with Gasteiger partial charge >= 0.3 is 5.97 Å². The second kappa shape index (κ2) is 10.6. The highest BCUT2D eigenvalue weighted by atomic mass is 32.2. The number of ether oxygens (including phenoxy) is 1. The number of amides is 1. The number of piperazine rings is 1. The Labute approximate surface area is 204 Å². The molecule has 0 bridgehead atoms. The van der Waals surface area contributed by atoms with Crippen molar-refractivity contribution in [1.82, 2.24) is 9.21 Å². The maximum absolute atomic E-state index is 13.1. The molecule has 0 unspecified atom stereocenters. The van der Waals surface area contributed by atoms with Gasteiger partial charge in [0.15, 0.2) is 0 Å². The fraction of sp³-hybridized carbons (Fsp3) is 0.500. The van der Waals surface area contributed by atoms with Gasteiger partial charge in [-0.1, -0.05) is 12.1 Å². The molecule has 0 saturated carbocycles. The molecule has 1 saturated heterocycles. The minimum atomic E-state index is -3.16. The maximum atomic E-state index is 13.1. The summed E-state index contributed by atoms with van der Waals surface area (Å²) >= 11 is 1.47. The predicted molar refractivity (Wildman–Crippen MR) is 133 cm³/mol. The molecule has 34 heavy (non-hydrogen) atoms.